The van der Waals surface area contributed by atoms with Gasteiger partial charge in [0.05, 0.1) is 28.1 Å². The molecule has 3 heterocycles. The van der Waals surface area contributed by atoms with Crippen molar-refractivity contribution in [2.24, 2.45) is 0 Å². The summed E-state index contributed by atoms with van der Waals surface area (Å²) in [5, 5.41) is 11.8. The molecular weight excluding hydrogens is 412 g/mol. The molecule has 1 saturated heterocycles. The number of pyridine rings is 1. The molecule has 5 rings (SSSR count). The molecule has 0 spiro atoms. The molecule has 4 aromatic rings. The maximum Gasteiger partial charge on any atom is 0.257 e. The molecule has 33 heavy (non-hydrogen) atoms. The fourth-order valence-electron chi connectivity index (χ4n) is 4.04. The summed E-state index contributed by atoms with van der Waals surface area (Å²) in [4.78, 5) is 21.7. The second-order valence-corrected chi connectivity index (χ2v) is 8.25. The number of aromatic amines is 1. The third kappa shape index (κ3) is 4.63. The monoisotopic (exact) mass is 438 g/mol. The van der Waals surface area contributed by atoms with E-state index in [9.17, 15) is 4.79 Å². The number of H-pyrrole nitrogens is 1. The van der Waals surface area contributed by atoms with Crippen molar-refractivity contribution in [1.82, 2.24) is 20.1 Å². The molecule has 1 aliphatic rings. The van der Waals surface area contributed by atoms with Gasteiger partial charge in [-0.05, 0) is 43.0 Å². The van der Waals surface area contributed by atoms with Crippen LogP contribution >= 0.6 is 0 Å². The Balaban J connectivity index is 1.52. The number of anilines is 2. The fourth-order valence-corrected chi connectivity index (χ4v) is 4.04. The van der Waals surface area contributed by atoms with Gasteiger partial charge in [0.15, 0.2) is 0 Å². The zero-order chi connectivity index (χ0) is 22.6. The fraction of sp³-hybridized carbons (Fsp3) is 0.192. The summed E-state index contributed by atoms with van der Waals surface area (Å²) in [5.74, 6) is -0.178. The summed E-state index contributed by atoms with van der Waals surface area (Å²) >= 11 is 0. The van der Waals surface area contributed by atoms with Gasteiger partial charge in [-0.3, -0.25) is 14.9 Å². The van der Waals surface area contributed by atoms with E-state index in [1.165, 1.54) is 0 Å². The number of piperazine rings is 1. The van der Waals surface area contributed by atoms with Crippen LogP contribution in [0.3, 0.4) is 0 Å². The molecule has 0 saturated carbocycles. The number of fused-ring (bicyclic) bond motifs is 1. The molecule has 0 aliphatic carbocycles. The molecule has 2 aromatic carbocycles. The molecule has 7 nitrogen and oxygen atoms in total. The van der Waals surface area contributed by atoms with Crippen LogP contribution in [-0.4, -0.2) is 59.2 Å². The van der Waals surface area contributed by atoms with Crippen LogP contribution in [0.1, 0.15) is 21.6 Å². The van der Waals surface area contributed by atoms with E-state index in [1.807, 2.05) is 36.4 Å². The predicted octanol–water partition coefficient (Wildman–Crippen LogP) is 4.13. The Morgan fingerprint density at radius 1 is 1.03 bits per heavy atom. The maximum atomic E-state index is 13.0. The highest BCUT2D eigenvalue weighted by atomic mass is 16.1. The molecule has 1 aliphatic heterocycles. The molecule has 7 heteroatoms. The first kappa shape index (κ1) is 20.9. The number of nitrogens with one attached hydrogen (secondary N) is 2. The number of hydrogen-bond acceptors (Lipinski definition) is 5. The molecule has 2 N–H and O–H groups in total. The number of likely N-dealkylation sites (N-methyl/N-ethyl adjacent to an activating group) is 1. The van der Waals surface area contributed by atoms with Crippen LogP contribution in [0, 0.1) is 0 Å². The van der Waals surface area contributed by atoms with Crippen molar-refractivity contribution in [1.29, 1.82) is 0 Å². The quantitative estimate of drug-likeness (QED) is 0.490. The molecule has 0 unspecified atom stereocenters. The summed E-state index contributed by atoms with van der Waals surface area (Å²) in [6, 6.07) is 17.8. The van der Waals surface area contributed by atoms with Gasteiger partial charge in [0.1, 0.15) is 0 Å². The molecular formula is C26H26N6O. The van der Waals surface area contributed by atoms with Crippen LogP contribution < -0.4 is 10.2 Å². The lowest BCUT2D eigenvalue weighted by Crippen LogP contribution is -2.44. The van der Waals surface area contributed by atoms with E-state index in [-0.39, 0.29) is 5.91 Å². The van der Waals surface area contributed by atoms with Crippen molar-refractivity contribution in [3.8, 4) is 0 Å². The molecule has 1 amide bonds. The van der Waals surface area contributed by atoms with Crippen molar-refractivity contribution in [3.05, 3.63) is 83.8 Å². The highest BCUT2D eigenvalue weighted by Gasteiger charge is 2.20. The second kappa shape index (κ2) is 9.26. The van der Waals surface area contributed by atoms with Crippen molar-refractivity contribution >= 4 is 40.3 Å². The van der Waals surface area contributed by atoms with Crippen molar-refractivity contribution in [2.75, 3.05) is 43.4 Å². The number of benzene rings is 2. The van der Waals surface area contributed by atoms with Crippen LogP contribution in [0.25, 0.3) is 23.1 Å². The lowest BCUT2D eigenvalue weighted by atomic mass is 10.1. The Morgan fingerprint density at radius 2 is 1.85 bits per heavy atom. The lowest BCUT2D eigenvalue weighted by Gasteiger charge is -2.35. The summed E-state index contributed by atoms with van der Waals surface area (Å²) in [5.41, 5.74) is 5.17. The molecule has 1 fully saturated rings. The maximum absolute atomic E-state index is 13.0. The first-order valence-electron chi connectivity index (χ1n) is 11.1. The van der Waals surface area contributed by atoms with Gasteiger partial charge in [0.2, 0.25) is 0 Å². The number of hydrogen-bond donors (Lipinski definition) is 2. The van der Waals surface area contributed by atoms with Gasteiger partial charge < -0.3 is 15.1 Å². The summed E-state index contributed by atoms with van der Waals surface area (Å²) < 4.78 is 0. The number of nitrogens with zero attached hydrogens (tertiary/aromatic N) is 4. The van der Waals surface area contributed by atoms with Gasteiger partial charge in [-0.1, -0.05) is 36.4 Å². The molecule has 0 bridgehead atoms. The average Bonchev–Trinajstić information content (AvgIpc) is 3.26. The van der Waals surface area contributed by atoms with Gasteiger partial charge in [-0.25, -0.2) is 0 Å². The van der Waals surface area contributed by atoms with E-state index >= 15 is 0 Å². The van der Waals surface area contributed by atoms with E-state index in [4.69, 9.17) is 0 Å². The Labute approximate surface area is 192 Å². The Hall–Kier alpha value is -3.97. The third-order valence-corrected chi connectivity index (χ3v) is 5.96. The summed E-state index contributed by atoms with van der Waals surface area (Å²) in [6.45, 7) is 3.74. The molecule has 2 aromatic heterocycles. The molecule has 0 radical (unpaired) electrons. The van der Waals surface area contributed by atoms with Crippen molar-refractivity contribution in [2.45, 2.75) is 0 Å². The average molecular weight is 439 g/mol. The van der Waals surface area contributed by atoms with Gasteiger partial charge in [0.25, 0.3) is 5.91 Å². The van der Waals surface area contributed by atoms with E-state index < -0.39 is 0 Å². The van der Waals surface area contributed by atoms with Gasteiger partial charge in [-0.2, -0.15) is 5.10 Å². The highest BCUT2D eigenvalue weighted by Crippen LogP contribution is 2.33. The van der Waals surface area contributed by atoms with Gasteiger partial charge >= 0.3 is 0 Å². The van der Waals surface area contributed by atoms with Crippen LogP contribution in [0.4, 0.5) is 11.4 Å². The smallest absolute Gasteiger partial charge is 0.257 e. The topological polar surface area (TPSA) is 77.1 Å². The highest BCUT2D eigenvalue weighted by molar-refractivity contribution is 6.08. The number of rotatable bonds is 5. The summed E-state index contributed by atoms with van der Waals surface area (Å²) in [7, 11) is 2.13. The predicted molar refractivity (Wildman–Crippen MR) is 133 cm³/mol. The zero-order valence-electron chi connectivity index (χ0n) is 18.5. The van der Waals surface area contributed by atoms with Crippen LogP contribution in [-0.2, 0) is 0 Å². The lowest BCUT2D eigenvalue weighted by molar-refractivity contribution is 0.102. The standard InChI is InChI=1S/C26H26N6O/c1-31-12-14-32(15-13-31)25-17-23-21(16-24(25)28-26(33)20-8-5-11-27-18-20)22(29-30-23)10-9-19-6-3-2-4-7-19/h2-11,16-18H,12-15H2,1H3,(H,28,33)(H,29,30). The Morgan fingerprint density at radius 3 is 2.61 bits per heavy atom. The van der Waals surface area contributed by atoms with Crippen molar-refractivity contribution < 1.29 is 4.79 Å². The van der Waals surface area contributed by atoms with E-state index in [0.717, 1.165) is 59.7 Å². The number of aromatic nitrogens is 3. The number of carbonyl (C=O) groups is 1. The second-order valence-electron chi connectivity index (χ2n) is 8.25. The zero-order valence-corrected chi connectivity index (χ0v) is 18.5. The van der Waals surface area contributed by atoms with Crippen LogP contribution in [0.5, 0.6) is 0 Å². The first-order chi connectivity index (χ1) is 16.2. The Bertz CT molecular complexity index is 1270. The minimum absolute atomic E-state index is 0.178. The molecule has 0 atom stereocenters. The van der Waals surface area contributed by atoms with Gasteiger partial charge in [-0.15, -0.1) is 0 Å². The van der Waals surface area contributed by atoms with Crippen molar-refractivity contribution in [3.63, 3.8) is 0 Å². The first-order valence-corrected chi connectivity index (χ1v) is 11.1. The van der Waals surface area contributed by atoms with E-state index in [1.54, 1.807) is 24.5 Å². The SMILES string of the molecule is CN1CCN(c2cc3[nH]nc(C=Cc4ccccc4)c3cc2NC(=O)c2cccnc2)CC1. The van der Waals surface area contributed by atoms with Crippen LogP contribution in [0.15, 0.2) is 67.0 Å². The number of amides is 1. The number of carbonyl (C=O) groups excluding carboxylic acids is 1. The van der Waals surface area contributed by atoms with Gasteiger partial charge in [0, 0.05) is 44.0 Å². The summed E-state index contributed by atoms with van der Waals surface area (Å²) in [6.07, 6.45) is 7.28. The minimum Gasteiger partial charge on any atom is -0.367 e. The van der Waals surface area contributed by atoms with E-state index in [2.05, 4.69) is 55.5 Å². The third-order valence-electron chi connectivity index (χ3n) is 5.96. The minimum atomic E-state index is -0.178. The Kier molecular flexibility index (Phi) is 5.87. The molecule has 166 valence electrons. The largest absolute Gasteiger partial charge is 0.367 e. The van der Waals surface area contributed by atoms with E-state index in [0.29, 0.717) is 5.56 Å². The normalized spacial score (nSPS) is 14.8. The van der Waals surface area contributed by atoms with Crippen LogP contribution in [0.2, 0.25) is 0 Å².